The first kappa shape index (κ1) is 47.3. The highest BCUT2D eigenvalue weighted by atomic mass is 16.4. The lowest BCUT2D eigenvalue weighted by Crippen LogP contribution is -2.47. The molecule has 0 fully saturated rings. The van der Waals surface area contributed by atoms with Crippen LogP contribution in [0.2, 0.25) is 0 Å². The maximum atomic E-state index is 12.5. The van der Waals surface area contributed by atoms with E-state index in [0.717, 1.165) is 0 Å². The zero-order valence-corrected chi connectivity index (χ0v) is 31.8. The van der Waals surface area contributed by atoms with Gasteiger partial charge in [0.1, 0.15) is 31.0 Å². The molecule has 21 heteroatoms. The van der Waals surface area contributed by atoms with Crippen LogP contribution in [0.1, 0.15) is 89.3 Å². The Balaban J connectivity index is 1.67. The number of imidazole rings is 1. The van der Waals surface area contributed by atoms with Crippen molar-refractivity contribution in [3.8, 4) is 0 Å². The molecule has 0 aliphatic carbocycles. The summed E-state index contributed by atoms with van der Waals surface area (Å²) in [5.74, 6) is -6.16. The van der Waals surface area contributed by atoms with E-state index < -0.39 is 60.4 Å². The zero-order valence-electron chi connectivity index (χ0n) is 31.8. The third-order valence-electron chi connectivity index (χ3n) is 8.89. The molecule has 1 aromatic rings. The number of rotatable bonds is 31. The average molecular weight is 807 g/mol. The van der Waals surface area contributed by atoms with Gasteiger partial charge in [0.15, 0.2) is 0 Å². The molecule has 1 aliphatic heterocycles. The van der Waals surface area contributed by atoms with Gasteiger partial charge >= 0.3 is 35.9 Å². The van der Waals surface area contributed by atoms with E-state index in [2.05, 4.69) is 25.9 Å². The number of aromatic nitrogens is 2. The number of nitrogens with one attached hydrogen (secondary N) is 4. The number of carboxylic acids is 5. The summed E-state index contributed by atoms with van der Waals surface area (Å²) < 4.78 is 1.50. The Bertz CT molecular complexity index is 1590. The first-order valence-corrected chi connectivity index (χ1v) is 18.8. The number of carboxylic acid groups (broad SMARTS) is 5. The Labute approximate surface area is 329 Å². The van der Waals surface area contributed by atoms with E-state index in [9.17, 15) is 58.8 Å². The summed E-state index contributed by atoms with van der Waals surface area (Å²) in [6.45, 7) is 0.378. The summed E-state index contributed by atoms with van der Waals surface area (Å²) in [5, 5.41) is 55.7. The minimum Gasteiger partial charge on any atom is -0.481 e. The Kier molecular flexibility index (Phi) is 21.6. The smallest absolute Gasteiger partial charge is 0.326 e. The van der Waals surface area contributed by atoms with Gasteiger partial charge in [0.05, 0.1) is 13.0 Å². The van der Waals surface area contributed by atoms with Crippen molar-refractivity contribution in [2.75, 3.05) is 26.2 Å². The monoisotopic (exact) mass is 806 g/mol. The number of nitrogens with zero attached hydrogens (tertiary/aromatic N) is 4. The van der Waals surface area contributed by atoms with Crippen LogP contribution in [0.4, 0.5) is 4.79 Å². The standard InChI is InChI=1S/C36H54N8O13/c45-29(39-14-7-5-9-26(35(55)56)42-36(57)40-20-32(49)50)11-3-1-2-4-12-30(46)41-25(34(53)54)10-6-8-17-43(21-27-24(13-15-37-27)19-31(47)48)22-28-38-16-18-44(28)23-33(51)52/h13,15-16,18,24-26H,1-12,14,17,19-23H2,(H,39,45)(H,41,46)(H,47,48)(H,49,50)(H,51,52)(H,53,54)(H,55,56)(H2,40,42,57). The number of urea groups is 1. The number of hydrogen-bond donors (Lipinski definition) is 9. The van der Waals surface area contributed by atoms with Crippen molar-refractivity contribution < 1.29 is 63.9 Å². The predicted molar refractivity (Wildman–Crippen MR) is 201 cm³/mol. The molecular formula is C36H54N8O13. The summed E-state index contributed by atoms with van der Waals surface area (Å²) in [5.41, 5.74) is 0.645. The molecule has 21 nitrogen and oxygen atoms in total. The van der Waals surface area contributed by atoms with Gasteiger partial charge < -0.3 is 51.4 Å². The normalized spacial score (nSPS) is 14.3. The van der Waals surface area contributed by atoms with Crippen molar-refractivity contribution in [2.45, 2.75) is 109 Å². The van der Waals surface area contributed by atoms with Gasteiger partial charge in [-0.05, 0) is 57.9 Å². The van der Waals surface area contributed by atoms with Crippen molar-refractivity contribution in [2.24, 2.45) is 10.9 Å². The Morgan fingerprint density at radius 2 is 1.37 bits per heavy atom. The van der Waals surface area contributed by atoms with Gasteiger partial charge in [-0.25, -0.2) is 19.4 Å². The first-order valence-electron chi connectivity index (χ1n) is 18.8. The van der Waals surface area contributed by atoms with Crippen molar-refractivity contribution in [3.63, 3.8) is 0 Å². The van der Waals surface area contributed by atoms with Crippen LogP contribution in [0.15, 0.2) is 29.7 Å². The second-order valence-corrected chi connectivity index (χ2v) is 13.6. The molecule has 0 aromatic carbocycles. The van der Waals surface area contributed by atoms with Crippen molar-refractivity contribution in [3.05, 3.63) is 30.5 Å². The summed E-state index contributed by atoms with van der Waals surface area (Å²) in [6, 6.07) is -3.21. The Hall–Kier alpha value is -5.86. The minimum absolute atomic E-state index is 0.0896. The lowest BCUT2D eigenvalue weighted by molar-refractivity contribution is -0.142. The molecule has 0 spiro atoms. The summed E-state index contributed by atoms with van der Waals surface area (Å²) in [7, 11) is 0. The van der Waals surface area contributed by atoms with Gasteiger partial charge in [-0.15, -0.1) is 0 Å². The van der Waals surface area contributed by atoms with Gasteiger partial charge in [0.2, 0.25) is 11.8 Å². The zero-order chi connectivity index (χ0) is 42.2. The number of carbonyl (C=O) groups is 8. The molecule has 57 heavy (non-hydrogen) atoms. The molecule has 9 N–H and O–H groups in total. The van der Waals surface area contributed by atoms with E-state index in [1.54, 1.807) is 18.5 Å². The molecule has 3 atom stereocenters. The summed E-state index contributed by atoms with van der Waals surface area (Å²) >= 11 is 0. The van der Waals surface area contributed by atoms with Crippen LogP contribution < -0.4 is 21.3 Å². The topological polar surface area (TPSA) is 319 Å². The van der Waals surface area contributed by atoms with Crippen LogP contribution in [-0.2, 0) is 46.7 Å². The SMILES string of the molecule is O=C(O)CNC(=O)NC(CCCCNC(=O)CCCCCCC(=O)NC(CCCCN(CC1=NC=CC1CC(=O)O)Cc1nccn1CC(=O)O)C(=O)O)C(=O)O. The molecule has 0 saturated carbocycles. The van der Waals surface area contributed by atoms with Gasteiger partial charge in [0.25, 0.3) is 0 Å². The lowest BCUT2D eigenvalue weighted by Gasteiger charge is -2.24. The van der Waals surface area contributed by atoms with Crippen molar-refractivity contribution in [1.82, 2.24) is 35.7 Å². The summed E-state index contributed by atoms with van der Waals surface area (Å²) in [6.07, 6.45) is 11.0. The van der Waals surface area contributed by atoms with E-state index in [4.69, 9.17) is 5.11 Å². The van der Waals surface area contributed by atoms with Gasteiger partial charge in [0, 0.05) is 56.2 Å². The number of allylic oxidation sites excluding steroid dienone is 1. The van der Waals surface area contributed by atoms with Crippen molar-refractivity contribution in [1.29, 1.82) is 0 Å². The lowest BCUT2D eigenvalue weighted by atomic mass is 10.00. The Morgan fingerprint density at radius 1 is 0.719 bits per heavy atom. The van der Waals surface area contributed by atoms with Gasteiger partial charge in [-0.2, -0.15) is 0 Å². The fourth-order valence-electron chi connectivity index (χ4n) is 5.95. The average Bonchev–Trinajstić information content (AvgIpc) is 3.76. The number of aliphatic carboxylic acids is 5. The first-order chi connectivity index (χ1) is 27.1. The van der Waals surface area contributed by atoms with Crippen LogP contribution in [0.25, 0.3) is 0 Å². The molecule has 0 bridgehead atoms. The van der Waals surface area contributed by atoms with E-state index in [-0.39, 0.29) is 57.0 Å². The fraction of sp³-hybridized carbons (Fsp3) is 0.611. The molecule has 3 unspecified atom stereocenters. The number of unbranched alkanes of at least 4 members (excludes halogenated alkanes) is 5. The molecule has 316 valence electrons. The fourth-order valence-corrected chi connectivity index (χ4v) is 5.95. The van der Waals surface area contributed by atoms with Gasteiger partial charge in [-0.3, -0.25) is 33.9 Å². The number of amides is 4. The molecule has 1 aromatic heterocycles. The van der Waals surface area contributed by atoms with Crippen LogP contribution in [0.3, 0.4) is 0 Å². The molecule has 0 radical (unpaired) electrons. The van der Waals surface area contributed by atoms with Crippen LogP contribution in [0.5, 0.6) is 0 Å². The van der Waals surface area contributed by atoms with E-state index >= 15 is 0 Å². The predicted octanol–water partition coefficient (Wildman–Crippen LogP) is 1.03. The molecule has 0 saturated heterocycles. The minimum atomic E-state index is -1.27. The highest BCUT2D eigenvalue weighted by molar-refractivity contribution is 5.94. The Morgan fingerprint density at radius 3 is 2.00 bits per heavy atom. The maximum Gasteiger partial charge on any atom is 0.326 e. The highest BCUT2D eigenvalue weighted by Crippen LogP contribution is 2.18. The maximum absolute atomic E-state index is 12.5. The largest absolute Gasteiger partial charge is 0.481 e. The quantitative estimate of drug-likeness (QED) is 0.0473. The second kappa shape index (κ2) is 26.1. The summed E-state index contributed by atoms with van der Waals surface area (Å²) in [4.78, 5) is 103. The van der Waals surface area contributed by atoms with Crippen LogP contribution >= 0.6 is 0 Å². The molecule has 2 heterocycles. The van der Waals surface area contributed by atoms with Crippen LogP contribution in [0, 0.1) is 5.92 Å². The highest BCUT2D eigenvalue weighted by Gasteiger charge is 2.24. The van der Waals surface area contributed by atoms with E-state index in [1.807, 2.05) is 10.2 Å². The third-order valence-corrected chi connectivity index (χ3v) is 8.89. The molecular weight excluding hydrogens is 752 g/mol. The molecule has 2 rings (SSSR count). The van der Waals surface area contributed by atoms with Crippen LogP contribution in [-0.4, -0.2) is 132 Å². The van der Waals surface area contributed by atoms with Crippen molar-refractivity contribution >= 4 is 53.4 Å². The molecule has 1 aliphatic rings. The van der Waals surface area contributed by atoms with Gasteiger partial charge in [-0.1, -0.05) is 18.9 Å². The number of carbonyl (C=O) groups excluding carboxylic acids is 3. The van der Waals surface area contributed by atoms with E-state index in [0.29, 0.717) is 82.5 Å². The number of aliphatic imine (C=N–C) groups is 1. The van der Waals surface area contributed by atoms with E-state index in [1.165, 1.54) is 10.8 Å². The number of hydrogen-bond acceptors (Lipinski definition) is 11. The molecule has 4 amide bonds. The second-order valence-electron chi connectivity index (χ2n) is 13.6. The third kappa shape index (κ3) is 20.6.